The average Bonchev–Trinajstić information content (AvgIpc) is 2.89. The monoisotopic (exact) mass is 359 g/mol. The van der Waals surface area contributed by atoms with Crippen LogP contribution in [0, 0.1) is 25.7 Å². The van der Waals surface area contributed by atoms with E-state index in [0.717, 1.165) is 18.8 Å². The number of amides is 3. The quantitative estimate of drug-likeness (QED) is 0.841. The van der Waals surface area contributed by atoms with E-state index in [-0.39, 0.29) is 18.0 Å². The minimum absolute atomic E-state index is 0.0628. The summed E-state index contributed by atoms with van der Waals surface area (Å²) < 4.78 is 0. The third-order valence-electron chi connectivity index (χ3n) is 4.71. The third kappa shape index (κ3) is 5.23. The highest BCUT2D eigenvalue weighted by atomic mass is 16.2. The Labute approximate surface area is 157 Å². The summed E-state index contributed by atoms with van der Waals surface area (Å²) in [5.41, 5.74) is 3.29. The molecule has 0 spiro atoms. The first-order valence-corrected chi connectivity index (χ1v) is 9.60. The zero-order chi connectivity index (χ0) is 19.4. The minimum Gasteiger partial charge on any atom is -0.333 e. The SMILES string of the molecule is Cc1ccc(N2CC(NC(=O)N(CC(C)C)CC(C)C)CC2=O)cc1C. The van der Waals surface area contributed by atoms with Crippen molar-refractivity contribution in [2.24, 2.45) is 11.8 Å². The van der Waals surface area contributed by atoms with Gasteiger partial charge in [0, 0.05) is 31.7 Å². The summed E-state index contributed by atoms with van der Waals surface area (Å²) in [5, 5.41) is 3.07. The molecule has 1 aliphatic heterocycles. The van der Waals surface area contributed by atoms with E-state index in [2.05, 4.69) is 39.9 Å². The van der Waals surface area contributed by atoms with Gasteiger partial charge in [-0.25, -0.2) is 4.79 Å². The predicted octanol–water partition coefficient (Wildman–Crippen LogP) is 3.73. The molecule has 0 bridgehead atoms. The number of hydrogen-bond donors (Lipinski definition) is 1. The molecule has 5 nitrogen and oxygen atoms in total. The zero-order valence-electron chi connectivity index (χ0n) is 17.0. The molecule has 1 heterocycles. The van der Waals surface area contributed by atoms with Crippen LogP contribution in [0.3, 0.4) is 0 Å². The maximum Gasteiger partial charge on any atom is 0.317 e. The van der Waals surface area contributed by atoms with Crippen LogP contribution in [0.2, 0.25) is 0 Å². The van der Waals surface area contributed by atoms with Crippen LogP contribution in [-0.2, 0) is 4.79 Å². The standard InChI is InChI=1S/C21H33N3O2/c1-14(2)11-23(12-15(3)4)21(26)22-18-10-20(25)24(13-18)19-8-7-16(5)17(6)9-19/h7-9,14-15,18H,10-13H2,1-6H3,(H,22,26). The van der Waals surface area contributed by atoms with E-state index in [1.807, 2.05) is 30.0 Å². The van der Waals surface area contributed by atoms with Crippen molar-refractivity contribution < 1.29 is 9.59 Å². The van der Waals surface area contributed by atoms with Crippen LogP contribution in [0.25, 0.3) is 0 Å². The van der Waals surface area contributed by atoms with E-state index in [1.165, 1.54) is 11.1 Å². The van der Waals surface area contributed by atoms with Crippen molar-refractivity contribution in [1.82, 2.24) is 10.2 Å². The van der Waals surface area contributed by atoms with Gasteiger partial charge in [0.1, 0.15) is 0 Å². The Morgan fingerprint density at radius 3 is 2.31 bits per heavy atom. The normalized spacial score (nSPS) is 17.3. The van der Waals surface area contributed by atoms with E-state index >= 15 is 0 Å². The molecule has 0 aliphatic carbocycles. The molecule has 3 amide bonds. The second-order valence-electron chi connectivity index (χ2n) is 8.32. The van der Waals surface area contributed by atoms with Crippen LogP contribution in [0.4, 0.5) is 10.5 Å². The lowest BCUT2D eigenvalue weighted by Crippen LogP contribution is -2.48. The van der Waals surface area contributed by atoms with E-state index < -0.39 is 0 Å². The van der Waals surface area contributed by atoms with Crippen molar-refractivity contribution in [2.75, 3.05) is 24.5 Å². The van der Waals surface area contributed by atoms with Gasteiger partial charge < -0.3 is 15.1 Å². The van der Waals surface area contributed by atoms with E-state index in [9.17, 15) is 9.59 Å². The van der Waals surface area contributed by atoms with Crippen molar-refractivity contribution in [3.05, 3.63) is 29.3 Å². The molecular weight excluding hydrogens is 326 g/mol. The fourth-order valence-corrected chi connectivity index (χ4v) is 3.34. The number of nitrogens with zero attached hydrogens (tertiary/aromatic N) is 2. The smallest absolute Gasteiger partial charge is 0.317 e. The van der Waals surface area contributed by atoms with Crippen LogP contribution >= 0.6 is 0 Å². The molecule has 1 unspecified atom stereocenters. The minimum atomic E-state index is -0.140. The van der Waals surface area contributed by atoms with Crippen molar-refractivity contribution in [3.8, 4) is 0 Å². The summed E-state index contributed by atoms with van der Waals surface area (Å²) in [6, 6.07) is 5.86. The molecule has 2 rings (SSSR count). The van der Waals surface area contributed by atoms with Gasteiger partial charge in [0.15, 0.2) is 0 Å². The molecule has 5 heteroatoms. The number of hydrogen-bond acceptors (Lipinski definition) is 2. The lowest BCUT2D eigenvalue weighted by molar-refractivity contribution is -0.117. The summed E-state index contributed by atoms with van der Waals surface area (Å²) in [7, 11) is 0. The highest BCUT2D eigenvalue weighted by molar-refractivity contribution is 5.96. The number of aryl methyl sites for hydroxylation is 2. The second-order valence-corrected chi connectivity index (χ2v) is 8.32. The summed E-state index contributed by atoms with van der Waals surface area (Å²) >= 11 is 0. The van der Waals surface area contributed by atoms with Gasteiger partial charge in [0.25, 0.3) is 0 Å². The zero-order valence-corrected chi connectivity index (χ0v) is 17.0. The molecule has 1 aromatic rings. The Balaban J connectivity index is 2.02. The maximum absolute atomic E-state index is 12.7. The van der Waals surface area contributed by atoms with Gasteiger partial charge in [-0.1, -0.05) is 33.8 Å². The largest absolute Gasteiger partial charge is 0.333 e. The second kappa shape index (κ2) is 8.56. The van der Waals surface area contributed by atoms with Gasteiger partial charge in [0.05, 0.1) is 6.04 Å². The van der Waals surface area contributed by atoms with Crippen LogP contribution in [0.5, 0.6) is 0 Å². The molecule has 1 atom stereocenters. The van der Waals surface area contributed by atoms with Gasteiger partial charge in [-0.05, 0) is 48.9 Å². The molecule has 1 N–H and O–H groups in total. The Kier molecular flexibility index (Phi) is 6.68. The predicted molar refractivity (Wildman–Crippen MR) is 106 cm³/mol. The molecule has 0 aromatic heterocycles. The summed E-state index contributed by atoms with van der Waals surface area (Å²) in [6.45, 7) is 14.5. The first-order chi connectivity index (χ1) is 12.2. The molecule has 1 aromatic carbocycles. The van der Waals surface area contributed by atoms with Gasteiger partial charge in [-0.3, -0.25) is 4.79 Å². The van der Waals surface area contributed by atoms with Gasteiger partial charge in [0.2, 0.25) is 5.91 Å². The lowest BCUT2D eigenvalue weighted by atomic mass is 10.1. The first-order valence-electron chi connectivity index (χ1n) is 9.60. The van der Waals surface area contributed by atoms with Gasteiger partial charge >= 0.3 is 6.03 Å². The van der Waals surface area contributed by atoms with E-state index in [0.29, 0.717) is 24.8 Å². The lowest BCUT2D eigenvalue weighted by Gasteiger charge is -2.28. The molecule has 0 saturated carbocycles. The topological polar surface area (TPSA) is 52.7 Å². The Morgan fingerprint density at radius 1 is 1.15 bits per heavy atom. The highest BCUT2D eigenvalue weighted by Gasteiger charge is 2.32. The summed E-state index contributed by atoms with van der Waals surface area (Å²) in [4.78, 5) is 28.8. The van der Waals surface area contributed by atoms with Crippen molar-refractivity contribution >= 4 is 17.6 Å². The van der Waals surface area contributed by atoms with E-state index in [4.69, 9.17) is 0 Å². The Bertz CT molecular complexity index is 645. The fraction of sp³-hybridized carbons (Fsp3) is 0.619. The number of carbonyl (C=O) groups excluding carboxylic acids is 2. The van der Waals surface area contributed by atoms with Crippen LogP contribution < -0.4 is 10.2 Å². The molecular formula is C21H33N3O2. The molecule has 1 saturated heterocycles. The average molecular weight is 360 g/mol. The number of benzene rings is 1. The number of urea groups is 1. The maximum atomic E-state index is 12.7. The van der Waals surface area contributed by atoms with Gasteiger partial charge in [-0.2, -0.15) is 0 Å². The molecule has 1 fully saturated rings. The molecule has 1 aliphatic rings. The number of anilines is 1. The van der Waals surface area contributed by atoms with E-state index in [1.54, 1.807) is 4.90 Å². The Hall–Kier alpha value is -2.04. The van der Waals surface area contributed by atoms with Crippen molar-refractivity contribution in [3.63, 3.8) is 0 Å². The number of carbonyl (C=O) groups is 2. The van der Waals surface area contributed by atoms with Crippen molar-refractivity contribution in [2.45, 2.75) is 54.0 Å². The fourth-order valence-electron chi connectivity index (χ4n) is 3.34. The third-order valence-corrected chi connectivity index (χ3v) is 4.71. The summed E-state index contributed by atoms with van der Waals surface area (Å²) in [5.74, 6) is 0.895. The summed E-state index contributed by atoms with van der Waals surface area (Å²) in [6.07, 6.45) is 0.357. The number of rotatable bonds is 6. The molecule has 144 valence electrons. The van der Waals surface area contributed by atoms with Crippen molar-refractivity contribution in [1.29, 1.82) is 0 Å². The Morgan fingerprint density at radius 2 is 1.77 bits per heavy atom. The molecule has 0 radical (unpaired) electrons. The number of nitrogens with one attached hydrogen (secondary N) is 1. The van der Waals surface area contributed by atoms with Crippen LogP contribution in [-0.4, -0.2) is 42.5 Å². The first kappa shape index (κ1) is 20.3. The van der Waals surface area contributed by atoms with Crippen LogP contribution in [0.15, 0.2) is 18.2 Å². The van der Waals surface area contributed by atoms with Crippen LogP contribution in [0.1, 0.15) is 45.2 Å². The highest BCUT2D eigenvalue weighted by Crippen LogP contribution is 2.24. The van der Waals surface area contributed by atoms with Gasteiger partial charge in [-0.15, -0.1) is 0 Å². The molecule has 26 heavy (non-hydrogen) atoms.